The summed E-state index contributed by atoms with van der Waals surface area (Å²) in [6.45, 7) is 8.51. The van der Waals surface area contributed by atoms with Crippen LogP contribution in [-0.4, -0.2) is 21.8 Å². The van der Waals surface area contributed by atoms with Crippen molar-refractivity contribution in [1.29, 1.82) is 0 Å². The molecule has 0 aromatic heterocycles. The highest BCUT2D eigenvalue weighted by atomic mass is 16.4. The van der Waals surface area contributed by atoms with Crippen molar-refractivity contribution in [2.24, 2.45) is 28.1 Å². The maximum absolute atomic E-state index is 12.0. The molecule has 5 rings (SSSR count). The summed E-state index contributed by atoms with van der Waals surface area (Å²) in [6, 6.07) is 0. The largest absolute Gasteiger partial charge is 0.481 e. The van der Waals surface area contributed by atoms with Crippen LogP contribution in [0.5, 0.6) is 0 Å². The summed E-state index contributed by atoms with van der Waals surface area (Å²) < 4.78 is 0. The van der Waals surface area contributed by atoms with Gasteiger partial charge in [0.05, 0.1) is 11.0 Å². The second kappa shape index (κ2) is 4.41. The van der Waals surface area contributed by atoms with Gasteiger partial charge in [-0.2, -0.15) is 0 Å². The molecule has 5 fully saturated rings. The van der Waals surface area contributed by atoms with Gasteiger partial charge in [0.1, 0.15) is 0 Å². The molecule has 3 heteroatoms. The predicted octanol–water partition coefficient (Wildman–Crippen LogP) is 4.16. The van der Waals surface area contributed by atoms with E-state index in [1.54, 1.807) is 0 Å². The van der Waals surface area contributed by atoms with Crippen LogP contribution in [0.4, 0.5) is 0 Å². The van der Waals surface area contributed by atoms with Crippen LogP contribution in [0.15, 0.2) is 12.2 Å². The van der Waals surface area contributed by atoms with Crippen molar-refractivity contribution < 1.29 is 15.0 Å². The number of hydrogen-bond donors (Lipinski definition) is 2. The summed E-state index contributed by atoms with van der Waals surface area (Å²) in [5, 5.41) is 21.0. The maximum Gasteiger partial charge on any atom is 0.309 e. The Bertz CT molecular complexity index is 583. The average molecular weight is 318 g/mol. The molecule has 1 spiro atoms. The predicted molar refractivity (Wildman–Crippen MR) is 88.9 cm³/mol. The van der Waals surface area contributed by atoms with Gasteiger partial charge in [-0.1, -0.05) is 19.9 Å². The van der Waals surface area contributed by atoms with Gasteiger partial charge < -0.3 is 10.2 Å². The molecule has 5 aliphatic rings. The van der Waals surface area contributed by atoms with Gasteiger partial charge in [-0.25, -0.2) is 0 Å². The van der Waals surface area contributed by atoms with Gasteiger partial charge >= 0.3 is 5.97 Å². The molecule has 2 N–H and O–H groups in total. The van der Waals surface area contributed by atoms with Crippen LogP contribution >= 0.6 is 0 Å². The minimum Gasteiger partial charge on any atom is -0.481 e. The van der Waals surface area contributed by atoms with Gasteiger partial charge in [0.25, 0.3) is 0 Å². The van der Waals surface area contributed by atoms with E-state index in [9.17, 15) is 15.0 Å². The van der Waals surface area contributed by atoms with Crippen LogP contribution in [0.3, 0.4) is 0 Å². The quantitative estimate of drug-likeness (QED) is 0.714. The fourth-order valence-corrected chi connectivity index (χ4v) is 7.39. The zero-order valence-corrected chi connectivity index (χ0v) is 14.5. The van der Waals surface area contributed by atoms with Crippen molar-refractivity contribution in [1.82, 2.24) is 0 Å². The smallest absolute Gasteiger partial charge is 0.309 e. The molecule has 0 saturated heterocycles. The molecule has 0 aromatic rings. The van der Waals surface area contributed by atoms with E-state index >= 15 is 0 Å². The molecule has 5 saturated carbocycles. The van der Waals surface area contributed by atoms with E-state index in [4.69, 9.17) is 0 Å². The Morgan fingerprint density at radius 1 is 1.13 bits per heavy atom. The van der Waals surface area contributed by atoms with E-state index in [2.05, 4.69) is 13.5 Å². The second-order valence-corrected chi connectivity index (χ2v) is 9.60. The molecule has 0 heterocycles. The van der Waals surface area contributed by atoms with E-state index in [0.717, 1.165) is 63.4 Å². The van der Waals surface area contributed by atoms with E-state index in [1.807, 2.05) is 6.92 Å². The number of fused-ring (bicyclic) bond motifs is 3. The number of carboxylic acids is 1. The molecule has 128 valence electrons. The SMILES string of the molecule is C=C1C[C@@]23CC[C@H]4[C@@](C)(CCC[C@@]4(C)C(=O)O)[C@@H]2C[C@]1(O)CC3. The fourth-order valence-electron chi connectivity index (χ4n) is 7.39. The highest BCUT2D eigenvalue weighted by Crippen LogP contribution is 2.72. The third-order valence-corrected chi connectivity index (χ3v) is 8.73. The van der Waals surface area contributed by atoms with Crippen molar-refractivity contribution in [2.45, 2.75) is 77.2 Å². The Hall–Kier alpha value is -0.830. The van der Waals surface area contributed by atoms with Crippen molar-refractivity contribution in [3.63, 3.8) is 0 Å². The Morgan fingerprint density at radius 2 is 1.87 bits per heavy atom. The molecule has 0 radical (unpaired) electrons. The molecule has 23 heavy (non-hydrogen) atoms. The molecule has 6 atom stereocenters. The monoisotopic (exact) mass is 318 g/mol. The molecule has 0 amide bonds. The number of carboxylic acid groups (broad SMARTS) is 1. The van der Waals surface area contributed by atoms with Gasteiger partial charge in [0.2, 0.25) is 0 Å². The van der Waals surface area contributed by atoms with Crippen LogP contribution in [0.1, 0.15) is 71.6 Å². The number of hydrogen-bond acceptors (Lipinski definition) is 2. The molecule has 0 unspecified atom stereocenters. The topological polar surface area (TPSA) is 57.5 Å². The Morgan fingerprint density at radius 3 is 2.52 bits per heavy atom. The standard InChI is InChI=1S/C20H30O3/c1-13-11-19-8-5-14-17(2,6-4-7-18(14,3)16(21)22)15(19)12-20(13,23)10-9-19/h14-15,23H,1,4-12H2,2-3H3,(H,21,22)/t14-,15-,17+,18+,19-,20+/m0/s1. The van der Waals surface area contributed by atoms with Gasteiger partial charge in [-0.05, 0) is 86.5 Å². The third kappa shape index (κ3) is 1.78. The fraction of sp³-hybridized carbons (Fsp3) is 0.850. The van der Waals surface area contributed by atoms with E-state index in [1.165, 1.54) is 0 Å². The summed E-state index contributed by atoms with van der Waals surface area (Å²) in [7, 11) is 0. The minimum absolute atomic E-state index is 0.0543. The van der Waals surface area contributed by atoms with Gasteiger partial charge in [-0.15, -0.1) is 0 Å². The highest BCUT2D eigenvalue weighted by molar-refractivity contribution is 5.75. The van der Waals surface area contributed by atoms with Crippen LogP contribution in [-0.2, 0) is 4.79 Å². The van der Waals surface area contributed by atoms with Gasteiger partial charge in [-0.3, -0.25) is 4.79 Å². The lowest BCUT2D eigenvalue weighted by atomic mass is 9.36. The first-order valence-corrected chi connectivity index (χ1v) is 9.30. The molecule has 0 aliphatic heterocycles. The van der Waals surface area contributed by atoms with Crippen molar-refractivity contribution in [3.05, 3.63) is 12.2 Å². The Balaban J connectivity index is 1.77. The molecular weight excluding hydrogens is 288 g/mol. The molecule has 5 aliphatic carbocycles. The van der Waals surface area contributed by atoms with E-state index in [0.29, 0.717) is 5.92 Å². The number of carbonyl (C=O) groups is 1. The average Bonchev–Trinajstić information content (AvgIpc) is 2.47. The Labute approximate surface area is 139 Å². The molecule has 2 bridgehead atoms. The number of aliphatic carboxylic acids is 1. The zero-order chi connectivity index (χ0) is 16.7. The normalized spacial score (nSPS) is 55.2. The van der Waals surface area contributed by atoms with E-state index in [-0.39, 0.29) is 16.7 Å². The first kappa shape index (κ1) is 15.7. The summed E-state index contributed by atoms with van der Waals surface area (Å²) in [6.07, 6.45) is 8.81. The van der Waals surface area contributed by atoms with Gasteiger partial charge in [0.15, 0.2) is 0 Å². The lowest BCUT2D eigenvalue weighted by molar-refractivity contribution is -0.209. The summed E-state index contributed by atoms with van der Waals surface area (Å²) in [5.41, 5.74) is 0.0978. The molecule has 0 aromatic carbocycles. The van der Waals surface area contributed by atoms with Crippen LogP contribution in [0, 0.1) is 28.1 Å². The van der Waals surface area contributed by atoms with Gasteiger partial charge in [0, 0.05) is 0 Å². The summed E-state index contributed by atoms with van der Waals surface area (Å²) in [5.74, 6) is 0.0820. The Kier molecular flexibility index (Phi) is 3.01. The minimum atomic E-state index is -0.686. The summed E-state index contributed by atoms with van der Waals surface area (Å²) >= 11 is 0. The van der Waals surface area contributed by atoms with Crippen LogP contribution in [0.25, 0.3) is 0 Å². The zero-order valence-electron chi connectivity index (χ0n) is 14.5. The van der Waals surface area contributed by atoms with Crippen LogP contribution in [0.2, 0.25) is 0 Å². The highest BCUT2D eigenvalue weighted by Gasteiger charge is 2.67. The lowest BCUT2D eigenvalue weighted by Crippen LogP contribution is -2.64. The van der Waals surface area contributed by atoms with Crippen molar-refractivity contribution in [3.8, 4) is 0 Å². The van der Waals surface area contributed by atoms with Crippen LogP contribution < -0.4 is 0 Å². The van der Waals surface area contributed by atoms with Crippen molar-refractivity contribution in [2.75, 3.05) is 0 Å². The first-order chi connectivity index (χ1) is 10.7. The van der Waals surface area contributed by atoms with E-state index < -0.39 is 17.0 Å². The molecular formula is C20H30O3. The van der Waals surface area contributed by atoms with Crippen molar-refractivity contribution >= 4 is 5.97 Å². The number of aliphatic hydroxyl groups is 1. The third-order valence-electron chi connectivity index (χ3n) is 8.73. The first-order valence-electron chi connectivity index (χ1n) is 9.30. The summed E-state index contributed by atoms with van der Waals surface area (Å²) in [4.78, 5) is 12.0. The number of rotatable bonds is 1. The lowest BCUT2D eigenvalue weighted by Gasteiger charge is -2.69. The molecule has 3 nitrogen and oxygen atoms in total. The maximum atomic E-state index is 12.0. The second-order valence-electron chi connectivity index (χ2n) is 9.60.